The molecule has 3 amide bonds. The van der Waals surface area contributed by atoms with Gasteiger partial charge in [0.05, 0.1) is 75.4 Å². The number of likely N-dealkylation sites (tertiary alicyclic amines) is 1. The molecule has 25 N–H and O–H groups in total. The molecule has 52 nitrogen and oxygen atoms in total. The van der Waals surface area contributed by atoms with Crippen molar-refractivity contribution in [2.24, 2.45) is 55.3 Å². The van der Waals surface area contributed by atoms with Crippen LogP contribution in [0.5, 0.6) is 0 Å². The molecule has 0 aromatic rings. The number of carbonyl (C=O) groups excluding carboxylic acids is 5. The Balaban J connectivity index is 0.730. The maximum atomic E-state index is 16.6. The van der Waals surface area contributed by atoms with Crippen molar-refractivity contribution in [2.45, 2.75) is 435 Å². The van der Waals surface area contributed by atoms with Gasteiger partial charge in [0.1, 0.15) is 170 Å². The van der Waals surface area contributed by atoms with Crippen LogP contribution in [0.2, 0.25) is 0 Å². The number of imide groups is 1. The second kappa shape index (κ2) is 47.1. The van der Waals surface area contributed by atoms with Crippen molar-refractivity contribution < 1.29 is 241 Å². The SMILES string of the molecule is CC(=O)OC1C(C)OC(OC2C(C)OC(OC(=O)[C@]34CCC(C)(C)CC3C3=CCC5[C@@]6(C)CC[C@H](OC7OC(C(=O)O)C(O)C(OC8OCC(O)C(O)C8O)C7OC7OC(CO)C(O)C(O)C7O)[C@@](C)(/C=N/NC(=O)CCCCCN7C(=O)C[C@H](SCCO)C7=O)C6CC[C@@]5(C)[C@]3(C)C[C@H]4O)C(OC3OC(C)C(OC4OCC(O)C(OC5OC(CO)C(O)C(O)C5O)C4O)C(O)C3O)C2O)C(O)C1OC1OCC(O)C(O)C1O. The van der Waals surface area contributed by atoms with E-state index >= 15 is 4.79 Å². The van der Waals surface area contributed by atoms with Gasteiger partial charge in [-0.1, -0.05) is 59.6 Å². The summed E-state index contributed by atoms with van der Waals surface area (Å²) >= 11 is 1.19. The molecule has 844 valence electrons. The Kier molecular flexibility index (Phi) is 37.3. The first-order valence-electron chi connectivity index (χ1n) is 50.8. The number of esters is 2. The largest absolute Gasteiger partial charge is 0.479 e. The zero-order chi connectivity index (χ0) is 108. The van der Waals surface area contributed by atoms with Gasteiger partial charge in [-0.15, -0.1) is 11.8 Å². The number of amides is 3. The van der Waals surface area contributed by atoms with Crippen LogP contribution in [0, 0.1) is 50.2 Å². The number of nitrogens with one attached hydrogen (secondary N) is 1. The molecular formula is C95H149N3O49S. The number of hydrogen-bond acceptors (Lipinski definition) is 50. The van der Waals surface area contributed by atoms with Crippen molar-refractivity contribution in [3.8, 4) is 0 Å². The summed E-state index contributed by atoms with van der Waals surface area (Å²) in [6.45, 7) is 13.4. The van der Waals surface area contributed by atoms with Crippen molar-refractivity contribution >= 4 is 53.6 Å². The summed E-state index contributed by atoms with van der Waals surface area (Å²) in [5, 5.41) is 274. The van der Waals surface area contributed by atoms with E-state index in [1.54, 1.807) is 6.92 Å². The molecule has 10 aliphatic heterocycles. The number of aliphatic hydroxyl groups excluding tert-OH is 23. The zero-order valence-electron chi connectivity index (χ0n) is 83.7. The molecule has 148 heavy (non-hydrogen) atoms. The number of carbonyl (C=O) groups is 6. The van der Waals surface area contributed by atoms with E-state index in [1.165, 1.54) is 43.6 Å². The minimum absolute atomic E-state index is 0.00975. The average Bonchev–Trinajstić information content (AvgIpc) is 0.760. The number of thioether (sulfide) groups is 1. The molecule has 0 spiro atoms. The molecule has 0 radical (unpaired) electrons. The molecule has 5 aliphatic carbocycles. The Bertz CT molecular complexity index is 4580. The first kappa shape index (κ1) is 117. The first-order chi connectivity index (χ1) is 69.7. The van der Waals surface area contributed by atoms with E-state index < -0.39 is 377 Å². The minimum Gasteiger partial charge on any atom is -0.479 e. The van der Waals surface area contributed by atoms with Crippen LogP contribution in [0.3, 0.4) is 0 Å². The molecule has 0 aromatic heterocycles. The lowest BCUT2D eigenvalue weighted by molar-refractivity contribution is -0.392. The molecule has 10 heterocycles. The third-order valence-corrected chi connectivity index (χ3v) is 35.3. The highest BCUT2D eigenvalue weighted by Gasteiger charge is 2.74. The molecule has 45 unspecified atom stereocenters. The van der Waals surface area contributed by atoms with Crippen molar-refractivity contribution in [2.75, 3.05) is 51.9 Å². The number of fused-ring (bicyclic) bond motifs is 7. The van der Waals surface area contributed by atoms with Gasteiger partial charge in [-0.2, -0.15) is 5.10 Å². The van der Waals surface area contributed by atoms with Gasteiger partial charge >= 0.3 is 17.9 Å². The van der Waals surface area contributed by atoms with Crippen molar-refractivity contribution in [3.05, 3.63) is 11.6 Å². The normalized spacial score (nSPS) is 49.9. The molecule has 4 saturated carbocycles. The van der Waals surface area contributed by atoms with Gasteiger partial charge in [0, 0.05) is 43.7 Å². The third-order valence-electron chi connectivity index (χ3n) is 34.1. The quantitative estimate of drug-likeness (QED) is 0.00552. The monoisotopic (exact) mass is 2150 g/mol. The fraction of sp³-hybridized carbons (Fsp3) is 0.905. The number of aliphatic carboxylic acids is 1. The smallest absolute Gasteiger partial charge is 0.335 e. The second-order valence-electron chi connectivity index (χ2n) is 44.0. The lowest BCUT2D eigenvalue weighted by Gasteiger charge is -2.71. The molecule has 53 atom stereocenters. The van der Waals surface area contributed by atoms with Gasteiger partial charge in [0.15, 0.2) is 68.6 Å². The summed E-state index contributed by atoms with van der Waals surface area (Å²) in [7, 11) is 0. The Morgan fingerprint density at radius 1 is 0.486 bits per heavy atom. The van der Waals surface area contributed by atoms with Crippen LogP contribution in [-0.2, 0) is 119 Å². The van der Waals surface area contributed by atoms with Crippen molar-refractivity contribution in [1.29, 1.82) is 0 Å². The number of allylic oxidation sites excluding steroid dienone is 2. The summed E-state index contributed by atoms with van der Waals surface area (Å²) < 4.78 is 116. The Morgan fingerprint density at radius 3 is 1.58 bits per heavy atom. The number of hydrogen-bond donors (Lipinski definition) is 25. The van der Waals surface area contributed by atoms with E-state index in [2.05, 4.69) is 30.5 Å². The van der Waals surface area contributed by atoms with Gasteiger partial charge < -0.3 is 213 Å². The second-order valence-corrected chi connectivity index (χ2v) is 45.3. The summed E-state index contributed by atoms with van der Waals surface area (Å²) in [5.74, 6) is -6.59. The number of nitrogens with zero attached hydrogens (tertiary/aromatic N) is 2. The van der Waals surface area contributed by atoms with Crippen LogP contribution >= 0.6 is 11.8 Å². The van der Waals surface area contributed by atoms with Gasteiger partial charge in [-0.25, -0.2) is 10.2 Å². The Hall–Kier alpha value is -4.82. The van der Waals surface area contributed by atoms with Crippen molar-refractivity contribution in [1.82, 2.24) is 10.3 Å². The maximum absolute atomic E-state index is 16.6. The fourth-order valence-electron chi connectivity index (χ4n) is 25.5. The number of unbranched alkanes of at least 4 members (excludes halogenated alkanes) is 2. The number of hydrazone groups is 1. The van der Waals surface area contributed by atoms with Crippen LogP contribution in [-0.4, -0.2) is 497 Å². The van der Waals surface area contributed by atoms with E-state index in [-0.39, 0.29) is 94.4 Å². The zero-order valence-corrected chi connectivity index (χ0v) is 84.5. The molecule has 0 bridgehead atoms. The van der Waals surface area contributed by atoms with E-state index in [9.17, 15) is 147 Å². The molecule has 0 aromatic carbocycles. The minimum atomic E-state index is -2.32. The predicted octanol–water partition coefficient (Wildman–Crippen LogP) is -8.78. The lowest BCUT2D eigenvalue weighted by Crippen LogP contribution is -2.69. The molecule has 15 rings (SSSR count). The summed E-state index contributed by atoms with van der Waals surface area (Å²) in [4.78, 5) is 84.1. The highest BCUT2D eigenvalue weighted by atomic mass is 32.2. The summed E-state index contributed by atoms with van der Waals surface area (Å²) in [6.07, 6.45) is -76.7. The van der Waals surface area contributed by atoms with Crippen molar-refractivity contribution in [3.63, 3.8) is 0 Å². The maximum Gasteiger partial charge on any atom is 0.335 e. The molecular weight excluding hydrogens is 2000 g/mol. The number of aliphatic hydroxyl groups is 23. The summed E-state index contributed by atoms with van der Waals surface area (Å²) in [6, 6.07) is 0. The number of carboxylic acids is 1. The molecule has 15 aliphatic rings. The highest BCUT2D eigenvalue weighted by Crippen LogP contribution is 2.76. The van der Waals surface area contributed by atoms with Crippen LogP contribution in [0.25, 0.3) is 0 Å². The summed E-state index contributed by atoms with van der Waals surface area (Å²) in [5.41, 5.74) is -3.19. The van der Waals surface area contributed by atoms with E-state index in [4.69, 9.17) is 90.0 Å². The first-order valence-corrected chi connectivity index (χ1v) is 51.9. The average molecular weight is 2150 g/mol. The van der Waals surface area contributed by atoms with Crippen LogP contribution in [0.1, 0.15) is 159 Å². The van der Waals surface area contributed by atoms with E-state index in [0.717, 1.165) is 12.5 Å². The van der Waals surface area contributed by atoms with Gasteiger partial charge in [-0.05, 0) is 131 Å². The van der Waals surface area contributed by atoms with E-state index in [0.29, 0.717) is 32.1 Å². The standard InChI is InChI=1S/C95H149N3O49S/c1-35-69(139-82-67(123)72(43(105)33-131-82)141-84-62(118)57(113)55(111)44(29-100)136-84)59(115)64(120)83(132-35)145-76-65(121)70(140-86-68(124)74(71(37(3)133-86)135-38(4)102)143-81-61(117)54(110)42(104)32-130-81)36(2)134-87(76)147-89(128)95-22-21-90(5,6)27-40(95)39-15-16-48-91(7)19-18-50(138-88-77(146-85-63(119)58(114)56(112)45(30-101)137-85)73(66(122)75(144-88)79(126)127)142-80-60(116)53(109)41(103)31-129-80)92(8,47(91)17-20-93(48,9)94(39,10)28-49(95)106)34-96-97-51(107)14-12-11-13-23-98-52(108)26-46(78(98)125)148-25-24-99/h15,34-37,40-50,53-77,80-88,99-101,103-106,109-124H,11-14,16-33H2,1-10H3,(H,97,107)(H,126,127)/b96-34+/t35?,36?,37?,40?,41?,42?,43?,44?,45?,46-,47?,48?,49+,50-,53?,54?,55?,56?,57?,58?,59?,60?,61?,62?,63?,64?,65?,66?,67?,68?,69?,70?,71?,72?,73?,74?,75?,76?,77?,80?,81?,82?,83?,84?,85?,86?,87?,88?,91-,92-,93+,94+,95+/m0/s1. The molecule has 10 saturated heterocycles. The predicted molar refractivity (Wildman–Crippen MR) is 489 cm³/mol. The number of ether oxygens (including phenoxy) is 19. The van der Waals surface area contributed by atoms with Gasteiger partial charge in [-0.3, -0.25) is 28.9 Å². The van der Waals surface area contributed by atoms with Crippen LogP contribution < -0.4 is 5.43 Å². The fourth-order valence-corrected chi connectivity index (χ4v) is 26.4. The highest BCUT2D eigenvalue weighted by molar-refractivity contribution is 8.00. The Labute approximate surface area is 855 Å². The molecule has 53 heteroatoms. The van der Waals surface area contributed by atoms with Crippen LogP contribution in [0.4, 0.5) is 0 Å². The van der Waals surface area contributed by atoms with Gasteiger partial charge in [0.2, 0.25) is 24.0 Å². The number of carboxylic acid groups (broad SMARTS) is 1. The lowest BCUT2D eigenvalue weighted by atomic mass is 9.33. The Morgan fingerprint density at radius 2 is 0.993 bits per heavy atom. The van der Waals surface area contributed by atoms with Crippen LogP contribution in [0.15, 0.2) is 16.8 Å². The molecule has 14 fully saturated rings. The van der Waals surface area contributed by atoms with Gasteiger partial charge in [0.25, 0.3) is 0 Å². The topological polar surface area (TPSA) is 791 Å². The van der Waals surface area contributed by atoms with E-state index in [1.807, 2.05) is 20.8 Å². The number of rotatable bonds is 33. The third kappa shape index (κ3) is 22.6.